The third-order valence-electron chi connectivity index (χ3n) is 5.22. The number of benzene rings is 1. The molecule has 0 bridgehead atoms. The number of carbonyl (C=O) groups is 1. The number of pyridine rings is 1. The smallest absolute Gasteiger partial charge is 0.331 e. The Bertz CT molecular complexity index is 929. The van der Waals surface area contributed by atoms with E-state index < -0.39 is 5.97 Å². The lowest BCUT2D eigenvalue weighted by atomic mass is 9.86. The molecule has 0 fully saturated rings. The van der Waals surface area contributed by atoms with Gasteiger partial charge in [0.05, 0.1) is 7.11 Å². The predicted molar refractivity (Wildman–Crippen MR) is 124 cm³/mol. The molecule has 0 aliphatic heterocycles. The summed E-state index contributed by atoms with van der Waals surface area (Å²) in [6, 6.07) is 6.55. The van der Waals surface area contributed by atoms with E-state index in [2.05, 4.69) is 32.7 Å². The molecule has 0 aliphatic carbocycles. The Hall–Kier alpha value is -2.69. The summed E-state index contributed by atoms with van der Waals surface area (Å²) in [5.74, 6) is -0.221. The number of ether oxygens (including phenoxy) is 2. The average molecular weight is 428 g/mol. The first-order valence-corrected chi connectivity index (χ1v) is 10.8. The standard InChI is InChI=1S/C26H34FNO3/c1-8-9-23(26(4,5)6)31-25(29)11-10-20-21(17(2)3)15-19(27)16-22(20)18-12-13-28-24(14-18)30-7/h10-17,23H,8-9H2,1-7H3. The summed E-state index contributed by atoms with van der Waals surface area (Å²) in [6.45, 7) is 12.3. The lowest BCUT2D eigenvalue weighted by Crippen LogP contribution is -2.31. The van der Waals surface area contributed by atoms with E-state index in [1.807, 2.05) is 13.8 Å². The van der Waals surface area contributed by atoms with E-state index >= 15 is 0 Å². The van der Waals surface area contributed by atoms with Crippen molar-refractivity contribution in [3.8, 4) is 17.0 Å². The molecule has 1 unspecified atom stereocenters. The molecule has 0 saturated carbocycles. The Morgan fingerprint density at radius 2 is 1.94 bits per heavy atom. The van der Waals surface area contributed by atoms with Crippen molar-refractivity contribution in [1.29, 1.82) is 0 Å². The maximum atomic E-state index is 14.5. The van der Waals surface area contributed by atoms with Gasteiger partial charge in [0.2, 0.25) is 5.88 Å². The Kier molecular flexibility index (Phi) is 8.37. The van der Waals surface area contributed by atoms with Crippen molar-refractivity contribution in [1.82, 2.24) is 4.98 Å². The van der Waals surface area contributed by atoms with E-state index in [-0.39, 0.29) is 23.3 Å². The zero-order valence-corrected chi connectivity index (χ0v) is 19.7. The van der Waals surface area contributed by atoms with Gasteiger partial charge in [0.15, 0.2) is 0 Å². The summed E-state index contributed by atoms with van der Waals surface area (Å²) >= 11 is 0. The highest BCUT2D eigenvalue weighted by Gasteiger charge is 2.27. The summed E-state index contributed by atoms with van der Waals surface area (Å²) in [7, 11) is 1.54. The summed E-state index contributed by atoms with van der Waals surface area (Å²) in [5, 5.41) is 0. The topological polar surface area (TPSA) is 48.4 Å². The van der Waals surface area contributed by atoms with Gasteiger partial charge in [-0.2, -0.15) is 0 Å². The van der Waals surface area contributed by atoms with Crippen LogP contribution < -0.4 is 4.74 Å². The van der Waals surface area contributed by atoms with Crippen molar-refractivity contribution >= 4 is 12.0 Å². The van der Waals surface area contributed by atoms with Crippen molar-refractivity contribution in [2.75, 3.05) is 7.11 Å². The van der Waals surface area contributed by atoms with Gasteiger partial charge in [-0.1, -0.05) is 48.0 Å². The minimum atomic E-state index is -0.398. The fourth-order valence-corrected chi connectivity index (χ4v) is 3.49. The van der Waals surface area contributed by atoms with Crippen molar-refractivity contribution in [3.63, 3.8) is 0 Å². The number of halogens is 1. The first kappa shape index (κ1) is 24.6. The van der Waals surface area contributed by atoms with E-state index in [0.717, 1.165) is 29.5 Å². The van der Waals surface area contributed by atoms with Gasteiger partial charge in [0.1, 0.15) is 11.9 Å². The van der Waals surface area contributed by atoms with Crippen LogP contribution in [0.2, 0.25) is 0 Å². The van der Waals surface area contributed by atoms with Gasteiger partial charge >= 0.3 is 5.97 Å². The van der Waals surface area contributed by atoms with Gasteiger partial charge in [-0.3, -0.25) is 0 Å². The summed E-state index contributed by atoms with van der Waals surface area (Å²) in [4.78, 5) is 16.8. The average Bonchev–Trinajstić information content (AvgIpc) is 2.71. The molecule has 1 aromatic heterocycles. The highest BCUT2D eigenvalue weighted by atomic mass is 19.1. The van der Waals surface area contributed by atoms with Crippen LogP contribution in [0.1, 0.15) is 71.4 Å². The number of esters is 1. The monoisotopic (exact) mass is 427 g/mol. The molecule has 31 heavy (non-hydrogen) atoms. The maximum Gasteiger partial charge on any atom is 0.331 e. The fraction of sp³-hybridized carbons (Fsp3) is 0.462. The zero-order chi connectivity index (χ0) is 23.2. The molecule has 1 atom stereocenters. The van der Waals surface area contributed by atoms with Crippen LogP contribution in [0, 0.1) is 11.2 Å². The molecule has 1 heterocycles. The van der Waals surface area contributed by atoms with E-state index in [0.29, 0.717) is 11.4 Å². The number of methoxy groups -OCH3 is 1. The Balaban J connectivity index is 2.47. The summed E-state index contributed by atoms with van der Waals surface area (Å²) in [6.07, 6.45) is 6.35. The Morgan fingerprint density at radius 3 is 2.52 bits per heavy atom. The molecule has 0 radical (unpaired) electrons. The molecule has 0 N–H and O–H groups in total. The van der Waals surface area contributed by atoms with Crippen LogP contribution >= 0.6 is 0 Å². The van der Waals surface area contributed by atoms with Gasteiger partial charge in [0.25, 0.3) is 0 Å². The van der Waals surface area contributed by atoms with Crippen LogP contribution in [0.25, 0.3) is 17.2 Å². The zero-order valence-electron chi connectivity index (χ0n) is 19.7. The molecule has 1 aromatic carbocycles. The number of carbonyl (C=O) groups excluding carboxylic acids is 1. The van der Waals surface area contributed by atoms with Gasteiger partial charge in [-0.25, -0.2) is 14.2 Å². The van der Waals surface area contributed by atoms with Gasteiger partial charge in [-0.15, -0.1) is 0 Å². The lowest BCUT2D eigenvalue weighted by Gasteiger charge is -2.29. The fourth-order valence-electron chi connectivity index (χ4n) is 3.49. The number of rotatable bonds is 8. The number of aromatic nitrogens is 1. The second kappa shape index (κ2) is 10.6. The van der Waals surface area contributed by atoms with Crippen LogP contribution in [-0.4, -0.2) is 24.2 Å². The molecule has 168 valence electrons. The van der Waals surface area contributed by atoms with Crippen LogP contribution in [0.15, 0.2) is 36.5 Å². The van der Waals surface area contributed by atoms with Crippen LogP contribution in [0.5, 0.6) is 5.88 Å². The lowest BCUT2D eigenvalue weighted by molar-refractivity contribution is -0.148. The maximum absolute atomic E-state index is 14.5. The molecule has 0 saturated heterocycles. The quantitative estimate of drug-likeness (QED) is 0.344. The number of hydrogen-bond donors (Lipinski definition) is 0. The largest absolute Gasteiger partial charge is 0.481 e. The highest BCUT2D eigenvalue weighted by Crippen LogP contribution is 2.34. The van der Waals surface area contributed by atoms with E-state index in [9.17, 15) is 9.18 Å². The van der Waals surface area contributed by atoms with Gasteiger partial charge in [0, 0.05) is 18.3 Å². The van der Waals surface area contributed by atoms with Gasteiger partial charge < -0.3 is 9.47 Å². The van der Waals surface area contributed by atoms with Crippen LogP contribution in [0.3, 0.4) is 0 Å². The van der Waals surface area contributed by atoms with E-state index in [1.165, 1.54) is 25.3 Å². The number of nitrogens with zero attached hydrogens (tertiary/aromatic N) is 1. The van der Waals surface area contributed by atoms with Gasteiger partial charge in [-0.05, 0) is 64.3 Å². The molecule has 0 amide bonds. The second-order valence-corrected chi connectivity index (χ2v) is 9.11. The molecule has 2 rings (SSSR count). The minimum absolute atomic E-state index is 0.0660. The third-order valence-corrected chi connectivity index (χ3v) is 5.22. The normalized spacial score (nSPS) is 12.9. The Labute approximate surface area is 185 Å². The van der Waals surface area contributed by atoms with Crippen molar-refractivity contribution < 1.29 is 18.7 Å². The van der Waals surface area contributed by atoms with E-state index in [1.54, 1.807) is 24.4 Å². The van der Waals surface area contributed by atoms with Crippen molar-refractivity contribution in [2.45, 2.75) is 66.4 Å². The highest BCUT2D eigenvalue weighted by molar-refractivity contribution is 5.90. The van der Waals surface area contributed by atoms with Crippen LogP contribution in [-0.2, 0) is 9.53 Å². The summed E-state index contributed by atoms with van der Waals surface area (Å²) in [5.41, 5.74) is 2.89. The first-order valence-electron chi connectivity index (χ1n) is 10.8. The molecular weight excluding hydrogens is 393 g/mol. The molecule has 2 aromatic rings. The predicted octanol–water partition coefficient (Wildman–Crippen LogP) is 6.79. The molecule has 0 spiro atoms. The van der Waals surface area contributed by atoms with Crippen molar-refractivity contribution in [2.24, 2.45) is 5.41 Å². The van der Waals surface area contributed by atoms with E-state index in [4.69, 9.17) is 9.47 Å². The molecule has 0 aliphatic rings. The second-order valence-electron chi connectivity index (χ2n) is 9.11. The Morgan fingerprint density at radius 1 is 1.23 bits per heavy atom. The molecule has 5 heteroatoms. The first-order chi connectivity index (χ1) is 14.6. The molecular formula is C26H34FNO3. The third kappa shape index (κ3) is 6.65. The molecule has 4 nitrogen and oxygen atoms in total. The van der Waals surface area contributed by atoms with Crippen LogP contribution in [0.4, 0.5) is 4.39 Å². The number of hydrogen-bond acceptors (Lipinski definition) is 4. The minimum Gasteiger partial charge on any atom is -0.481 e. The van der Waals surface area contributed by atoms with Crippen molar-refractivity contribution in [3.05, 3.63) is 53.5 Å². The SMILES string of the molecule is CCCC(OC(=O)C=Cc1c(-c2ccnc(OC)c2)cc(F)cc1C(C)C)C(C)(C)C. The summed E-state index contributed by atoms with van der Waals surface area (Å²) < 4.78 is 25.4.